The van der Waals surface area contributed by atoms with Crippen LogP contribution in [0.3, 0.4) is 0 Å². The highest BCUT2D eigenvalue weighted by molar-refractivity contribution is 8.93. The fraction of sp³-hybridized carbons (Fsp3) is 0.450. The molecule has 0 radical (unpaired) electrons. The van der Waals surface area contributed by atoms with E-state index in [4.69, 9.17) is 0 Å². The van der Waals surface area contributed by atoms with E-state index in [-0.39, 0.29) is 28.9 Å². The first-order chi connectivity index (χ1) is 13.1. The van der Waals surface area contributed by atoms with Gasteiger partial charge in [-0.2, -0.15) is 0 Å². The maximum atomic E-state index is 12.7. The Morgan fingerprint density at radius 1 is 1.25 bits per heavy atom. The Bertz CT molecular complexity index is 802. The molecular formula is C20H26BrN3O3S. The molecule has 1 saturated heterocycles. The van der Waals surface area contributed by atoms with E-state index in [1.54, 1.807) is 0 Å². The van der Waals surface area contributed by atoms with Crippen molar-refractivity contribution >= 4 is 45.9 Å². The Labute approximate surface area is 179 Å². The van der Waals surface area contributed by atoms with Gasteiger partial charge in [0.25, 0.3) is 5.91 Å². The molecule has 1 aliphatic heterocycles. The second-order valence-electron chi connectivity index (χ2n) is 6.72. The zero-order valence-electron chi connectivity index (χ0n) is 16.1. The number of esters is 1. The molecule has 6 nitrogen and oxygen atoms in total. The average molecular weight is 468 g/mol. The zero-order chi connectivity index (χ0) is 19.2. The van der Waals surface area contributed by atoms with E-state index in [0.29, 0.717) is 23.6 Å². The van der Waals surface area contributed by atoms with Gasteiger partial charge in [-0.25, -0.2) is 4.98 Å². The number of carbonyl (C=O) groups is 2. The maximum Gasteiger partial charge on any atom is 0.305 e. The minimum atomic E-state index is -0.224. The molecule has 2 heterocycles. The maximum absolute atomic E-state index is 12.7. The van der Waals surface area contributed by atoms with Crippen molar-refractivity contribution in [2.24, 2.45) is 0 Å². The summed E-state index contributed by atoms with van der Waals surface area (Å²) in [4.78, 5) is 29.2. The van der Waals surface area contributed by atoms with Crippen molar-refractivity contribution in [2.45, 2.75) is 38.5 Å². The Hall–Kier alpha value is -1.77. The van der Waals surface area contributed by atoms with Crippen LogP contribution in [-0.2, 0) is 16.0 Å². The SMILES string of the molecule is Br.COC(=O)CCc1ccc(NC(=O)c2sc(C3CCNCC3)nc2C)cc1. The molecule has 1 fully saturated rings. The van der Waals surface area contributed by atoms with E-state index in [1.807, 2.05) is 31.2 Å². The monoisotopic (exact) mass is 467 g/mol. The minimum absolute atomic E-state index is 0. The topological polar surface area (TPSA) is 80.3 Å². The van der Waals surface area contributed by atoms with Crippen molar-refractivity contribution in [3.05, 3.63) is 45.4 Å². The fourth-order valence-electron chi connectivity index (χ4n) is 3.16. The molecule has 0 spiro atoms. The van der Waals surface area contributed by atoms with Gasteiger partial charge in [-0.3, -0.25) is 9.59 Å². The molecule has 0 bridgehead atoms. The van der Waals surface area contributed by atoms with Crippen LogP contribution in [0.4, 0.5) is 5.69 Å². The minimum Gasteiger partial charge on any atom is -0.469 e. The molecule has 2 aromatic rings. The molecule has 0 atom stereocenters. The van der Waals surface area contributed by atoms with Gasteiger partial charge in [0.2, 0.25) is 0 Å². The Balaban J connectivity index is 0.00000280. The third-order valence-electron chi connectivity index (χ3n) is 4.77. The van der Waals surface area contributed by atoms with E-state index >= 15 is 0 Å². The fourth-order valence-corrected chi connectivity index (χ4v) is 4.29. The van der Waals surface area contributed by atoms with E-state index in [1.165, 1.54) is 18.4 Å². The number of hydrogen-bond donors (Lipinski definition) is 2. The lowest BCUT2D eigenvalue weighted by Crippen LogP contribution is -2.26. The van der Waals surface area contributed by atoms with Gasteiger partial charge in [0.1, 0.15) is 4.88 Å². The van der Waals surface area contributed by atoms with Crippen molar-refractivity contribution in [1.29, 1.82) is 0 Å². The Kier molecular flexibility index (Phi) is 8.59. The van der Waals surface area contributed by atoms with Crippen molar-refractivity contribution in [2.75, 3.05) is 25.5 Å². The van der Waals surface area contributed by atoms with Gasteiger partial charge in [-0.15, -0.1) is 28.3 Å². The van der Waals surface area contributed by atoms with Crippen LogP contribution < -0.4 is 10.6 Å². The predicted molar refractivity (Wildman–Crippen MR) is 117 cm³/mol. The summed E-state index contributed by atoms with van der Waals surface area (Å²) in [7, 11) is 1.39. The number of aromatic nitrogens is 1. The molecule has 0 unspecified atom stereocenters. The van der Waals surface area contributed by atoms with E-state index in [2.05, 4.69) is 20.4 Å². The Morgan fingerprint density at radius 2 is 1.93 bits per heavy atom. The van der Waals surface area contributed by atoms with Gasteiger partial charge in [-0.05, 0) is 57.0 Å². The summed E-state index contributed by atoms with van der Waals surface area (Å²) < 4.78 is 4.65. The number of nitrogens with one attached hydrogen (secondary N) is 2. The average Bonchev–Trinajstić information content (AvgIpc) is 3.09. The highest BCUT2D eigenvalue weighted by atomic mass is 79.9. The molecule has 3 rings (SSSR count). The number of aryl methyl sites for hydroxylation is 2. The summed E-state index contributed by atoms with van der Waals surface area (Å²) in [5.74, 6) is 0.107. The highest BCUT2D eigenvalue weighted by Gasteiger charge is 2.22. The number of halogens is 1. The lowest BCUT2D eigenvalue weighted by molar-refractivity contribution is -0.140. The molecule has 152 valence electrons. The normalized spacial score (nSPS) is 14.2. The molecule has 1 amide bonds. The van der Waals surface area contributed by atoms with Crippen molar-refractivity contribution in [3.8, 4) is 0 Å². The number of hydrogen-bond acceptors (Lipinski definition) is 6. The number of carbonyl (C=O) groups excluding carboxylic acids is 2. The van der Waals surface area contributed by atoms with Crippen LogP contribution in [-0.4, -0.2) is 37.1 Å². The van der Waals surface area contributed by atoms with Gasteiger partial charge in [0, 0.05) is 18.0 Å². The van der Waals surface area contributed by atoms with Crippen LogP contribution in [0.2, 0.25) is 0 Å². The Morgan fingerprint density at radius 3 is 2.57 bits per heavy atom. The summed E-state index contributed by atoms with van der Waals surface area (Å²) in [6.07, 6.45) is 3.11. The molecule has 28 heavy (non-hydrogen) atoms. The van der Waals surface area contributed by atoms with Crippen molar-refractivity contribution in [1.82, 2.24) is 10.3 Å². The molecule has 0 aliphatic carbocycles. The van der Waals surface area contributed by atoms with Crippen LogP contribution in [0, 0.1) is 6.92 Å². The van der Waals surface area contributed by atoms with Crippen molar-refractivity contribution in [3.63, 3.8) is 0 Å². The second kappa shape index (κ2) is 10.7. The summed E-state index contributed by atoms with van der Waals surface area (Å²) in [6, 6.07) is 7.54. The van der Waals surface area contributed by atoms with Gasteiger partial charge >= 0.3 is 5.97 Å². The molecule has 8 heteroatoms. The van der Waals surface area contributed by atoms with Crippen LogP contribution in [0.1, 0.15) is 51.1 Å². The summed E-state index contributed by atoms with van der Waals surface area (Å²) >= 11 is 1.51. The van der Waals surface area contributed by atoms with Crippen molar-refractivity contribution < 1.29 is 14.3 Å². The number of benzene rings is 1. The summed E-state index contributed by atoms with van der Waals surface area (Å²) in [5.41, 5.74) is 2.55. The largest absolute Gasteiger partial charge is 0.469 e. The number of thiazole rings is 1. The third kappa shape index (κ3) is 5.86. The first-order valence-corrected chi connectivity index (χ1v) is 10.0. The number of amides is 1. The second-order valence-corrected chi connectivity index (χ2v) is 7.75. The number of anilines is 1. The van der Waals surface area contributed by atoms with Crippen LogP contribution >= 0.6 is 28.3 Å². The lowest BCUT2D eigenvalue weighted by atomic mass is 9.99. The predicted octanol–water partition coefficient (Wildman–Crippen LogP) is 3.85. The zero-order valence-corrected chi connectivity index (χ0v) is 18.6. The lowest BCUT2D eigenvalue weighted by Gasteiger charge is -2.20. The molecule has 1 aliphatic rings. The molecule has 2 N–H and O–H groups in total. The van der Waals surface area contributed by atoms with Gasteiger partial charge in [0.15, 0.2) is 0 Å². The first kappa shape index (κ1) is 22.5. The van der Waals surface area contributed by atoms with Crippen LogP contribution in [0.5, 0.6) is 0 Å². The number of rotatable bonds is 6. The third-order valence-corrected chi connectivity index (χ3v) is 6.08. The standard InChI is InChI=1S/C20H25N3O3S.BrH/c1-13-18(27-20(22-13)15-9-11-21-12-10-15)19(25)23-16-6-3-14(4-7-16)5-8-17(24)26-2;/h3-4,6-7,15,21H,5,8-12H2,1-2H3,(H,23,25);1H. The number of methoxy groups -OCH3 is 1. The quantitative estimate of drug-likeness (QED) is 0.630. The number of ether oxygens (including phenoxy) is 1. The smallest absolute Gasteiger partial charge is 0.305 e. The highest BCUT2D eigenvalue weighted by Crippen LogP contribution is 2.31. The van der Waals surface area contributed by atoms with E-state index in [0.717, 1.165) is 47.9 Å². The number of piperidine rings is 1. The molecule has 0 saturated carbocycles. The molecule has 1 aromatic carbocycles. The van der Waals surface area contributed by atoms with E-state index < -0.39 is 0 Å². The van der Waals surface area contributed by atoms with Crippen LogP contribution in [0.25, 0.3) is 0 Å². The molecular weight excluding hydrogens is 442 g/mol. The van der Waals surface area contributed by atoms with Crippen LogP contribution in [0.15, 0.2) is 24.3 Å². The molecule has 1 aromatic heterocycles. The van der Waals surface area contributed by atoms with Gasteiger partial charge in [-0.1, -0.05) is 12.1 Å². The first-order valence-electron chi connectivity index (χ1n) is 9.22. The van der Waals surface area contributed by atoms with E-state index in [9.17, 15) is 9.59 Å². The van der Waals surface area contributed by atoms with Gasteiger partial charge in [0.05, 0.1) is 17.8 Å². The summed E-state index contributed by atoms with van der Waals surface area (Å²) in [5, 5.41) is 7.37. The summed E-state index contributed by atoms with van der Waals surface area (Å²) in [6.45, 7) is 3.91. The number of nitrogens with zero attached hydrogens (tertiary/aromatic N) is 1. The van der Waals surface area contributed by atoms with Gasteiger partial charge < -0.3 is 15.4 Å².